The molecule has 3 fully saturated rings. The molecule has 1 aromatic carbocycles. The van der Waals surface area contributed by atoms with Gasteiger partial charge in [-0.05, 0) is 44.1 Å². The average Bonchev–Trinajstić information content (AvgIpc) is 3.61. The van der Waals surface area contributed by atoms with E-state index >= 15 is 0 Å². The monoisotopic (exact) mass is 483 g/mol. The summed E-state index contributed by atoms with van der Waals surface area (Å²) in [6, 6.07) is 8.41. The molecule has 3 aliphatic rings. The molecule has 2 unspecified atom stereocenters. The van der Waals surface area contributed by atoms with Gasteiger partial charge in [-0.15, -0.1) is 11.3 Å². The second-order valence-corrected chi connectivity index (χ2v) is 10.1. The largest absolute Gasteiger partial charge is 0.457 e. The second kappa shape index (κ2) is 9.74. The second-order valence-electron chi connectivity index (χ2n) is 9.23. The number of hydrogen-bond acceptors (Lipinski definition) is 7. The number of esters is 1. The van der Waals surface area contributed by atoms with E-state index in [9.17, 15) is 14.4 Å². The van der Waals surface area contributed by atoms with Gasteiger partial charge in [0.1, 0.15) is 18.2 Å². The number of thiazole rings is 1. The summed E-state index contributed by atoms with van der Waals surface area (Å²) in [6.45, 7) is 0.613. The van der Waals surface area contributed by atoms with Gasteiger partial charge < -0.3 is 9.47 Å². The molecule has 1 saturated carbocycles. The van der Waals surface area contributed by atoms with Crippen LogP contribution in [0.15, 0.2) is 41.9 Å². The molecule has 180 valence electrons. The molecular formula is C25H29N3O5S. The van der Waals surface area contributed by atoms with Crippen LogP contribution in [0.1, 0.15) is 56.9 Å². The lowest BCUT2D eigenvalue weighted by atomic mass is 9.79. The summed E-state index contributed by atoms with van der Waals surface area (Å²) in [5, 5.41) is 2.36. The number of nitrogens with zero attached hydrogens (tertiary/aromatic N) is 3. The van der Waals surface area contributed by atoms with Gasteiger partial charge >= 0.3 is 12.1 Å². The zero-order valence-corrected chi connectivity index (χ0v) is 19.9. The van der Waals surface area contributed by atoms with E-state index in [1.165, 1.54) is 16.2 Å². The summed E-state index contributed by atoms with van der Waals surface area (Å²) in [4.78, 5) is 47.1. The first kappa shape index (κ1) is 22.8. The molecule has 2 aromatic rings. The van der Waals surface area contributed by atoms with Crippen molar-refractivity contribution in [3.05, 3.63) is 47.5 Å². The first-order chi connectivity index (χ1) is 16.6. The fraction of sp³-hybridized carbons (Fsp3) is 0.520. The summed E-state index contributed by atoms with van der Waals surface area (Å²) in [5.74, 6) is -0.482. The molecule has 0 radical (unpaired) electrons. The number of rotatable bonds is 5. The molecule has 9 heteroatoms. The average molecular weight is 484 g/mol. The van der Waals surface area contributed by atoms with Crippen molar-refractivity contribution in [3.8, 4) is 0 Å². The van der Waals surface area contributed by atoms with Crippen molar-refractivity contribution in [1.82, 2.24) is 9.88 Å². The third-order valence-electron chi connectivity index (χ3n) is 7.14. The van der Waals surface area contributed by atoms with Crippen molar-refractivity contribution < 1.29 is 23.9 Å². The number of benzene rings is 1. The number of anilines is 1. The molecule has 0 bridgehead atoms. The SMILES string of the molecule is O=C1CC(N(C(=O)C2CCCN2C(=O)OCc2ccccc2)c2nccs2)C2(CCCCC2)O1. The van der Waals surface area contributed by atoms with Crippen LogP contribution in [-0.2, 0) is 25.7 Å². The molecule has 8 nitrogen and oxygen atoms in total. The number of carbonyl (C=O) groups is 3. The Labute approximate surface area is 202 Å². The Kier molecular flexibility index (Phi) is 6.54. The summed E-state index contributed by atoms with van der Waals surface area (Å²) >= 11 is 1.36. The van der Waals surface area contributed by atoms with Gasteiger partial charge in [0.25, 0.3) is 5.91 Å². The van der Waals surface area contributed by atoms with Gasteiger partial charge in [-0.1, -0.05) is 36.8 Å². The Hall–Kier alpha value is -2.94. The standard InChI is InChI=1S/C25H29N3O5S/c29-21-16-20(25(33-21)11-5-2-6-12-25)28(23-26-13-15-34-23)22(30)19-10-7-14-27(19)24(31)32-17-18-8-3-1-4-9-18/h1,3-4,8-9,13,15,19-20H,2,5-7,10-12,14,16-17H2. The van der Waals surface area contributed by atoms with Crippen LogP contribution in [0.3, 0.4) is 0 Å². The first-order valence-corrected chi connectivity index (χ1v) is 12.9. The highest BCUT2D eigenvalue weighted by atomic mass is 32.1. The van der Waals surface area contributed by atoms with E-state index in [0.29, 0.717) is 24.5 Å². The summed E-state index contributed by atoms with van der Waals surface area (Å²) in [6.07, 6.45) is 7.09. The zero-order chi connectivity index (χ0) is 23.5. The number of hydrogen-bond donors (Lipinski definition) is 0. The maximum absolute atomic E-state index is 14.0. The quantitative estimate of drug-likeness (QED) is 0.590. The molecule has 0 N–H and O–H groups in total. The number of likely N-dealkylation sites (tertiary alicyclic amines) is 1. The van der Waals surface area contributed by atoms with Gasteiger partial charge in [-0.25, -0.2) is 9.78 Å². The first-order valence-electron chi connectivity index (χ1n) is 12.0. The molecule has 1 spiro atoms. The fourth-order valence-corrected chi connectivity index (χ4v) is 6.21. The van der Waals surface area contributed by atoms with Gasteiger partial charge in [0, 0.05) is 18.1 Å². The van der Waals surface area contributed by atoms with E-state index in [1.54, 1.807) is 11.1 Å². The van der Waals surface area contributed by atoms with Crippen LogP contribution in [0.5, 0.6) is 0 Å². The van der Waals surface area contributed by atoms with E-state index in [-0.39, 0.29) is 24.9 Å². The van der Waals surface area contributed by atoms with E-state index in [0.717, 1.165) is 37.7 Å². The Morgan fingerprint density at radius 3 is 2.71 bits per heavy atom. The highest BCUT2D eigenvalue weighted by molar-refractivity contribution is 7.13. The highest BCUT2D eigenvalue weighted by Crippen LogP contribution is 2.44. The molecular weight excluding hydrogens is 454 g/mol. The van der Waals surface area contributed by atoms with Crippen LogP contribution < -0.4 is 4.90 Å². The van der Waals surface area contributed by atoms with E-state index < -0.39 is 23.8 Å². The van der Waals surface area contributed by atoms with Crippen LogP contribution in [-0.4, -0.2) is 52.1 Å². The molecule has 2 saturated heterocycles. The minimum atomic E-state index is -0.673. The van der Waals surface area contributed by atoms with E-state index in [4.69, 9.17) is 9.47 Å². The van der Waals surface area contributed by atoms with Crippen molar-refractivity contribution in [3.63, 3.8) is 0 Å². The van der Waals surface area contributed by atoms with Crippen molar-refractivity contribution in [1.29, 1.82) is 0 Å². The van der Waals surface area contributed by atoms with Crippen LogP contribution in [0.2, 0.25) is 0 Å². The van der Waals surface area contributed by atoms with Crippen molar-refractivity contribution in [2.24, 2.45) is 0 Å². The van der Waals surface area contributed by atoms with Crippen LogP contribution >= 0.6 is 11.3 Å². The molecule has 2 amide bonds. The van der Waals surface area contributed by atoms with Crippen molar-refractivity contribution >= 4 is 34.4 Å². The topological polar surface area (TPSA) is 89.0 Å². The minimum absolute atomic E-state index is 0.149. The van der Waals surface area contributed by atoms with Gasteiger partial charge in [0.05, 0.1) is 12.5 Å². The predicted octanol–water partition coefficient (Wildman–Crippen LogP) is 4.30. The van der Waals surface area contributed by atoms with E-state index in [1.807, 2.05) is 35.7 Å². The van der Waals surface area contributed by atoms with Crippen molar-refractivity contribution in [2.75, 3.05) is 11.4 Å². The lowest BCUT2D eigenvalue weighted by Gasteiger charge is -2.42. The van der Waals surface area contributed by atoms with Gasteiger partial charge in [0.15, 0.2) is 5.13 Å². The van der Waals surface area contributed by atoms with Gasteiger partial charge in [0.2, 0.25) is 0 Å². The Balaban J connectivity index is 1.38. The molecule has 2 atom stereocenters. The lowest BCUT2D eigenvalue weighted by Crippen LogP contribution is -2.58. The third kappa shape index (κ3) is 4.41. The van der Waals surface area contributed by atoms with Crippen molar-refractivity contribution in [2.45, 2.75) is 75.7 Å². The fourth-order valence-electron chi connectivity index (χ4n) is 5.51. The molecule has 3 heterocycles. The summed E-state index contributed by atoms with van der Waals surface area (Å²) < 4.78 is 11.4. The summed E-state index contributed by atoms with van der Waals surface area (Å²) in [7, 11) is 0. The summed E-state index contributed by atoms with van der Waals surface area (Å²) in [5.41, 5.74) is 0.219. The van der Waals surface area contributed by atoms with Crippen LogP contribution in [0.4, 0.5) is 9.93 Å². The third-order valence-corrected chi connectivity index (χ3v) is 7.91. The maximum Gasteiger partial charge on any atom is 0.410 e. The normalized spacial score (nSPS) is 23.6. The van der Waals surface area contributed by atoms with E-state index in [2.05, 4.69) is 4.98 Å². The minimum Gasteiger partial charge on any atom is -0.457 e. The van der Waals surface area contributed by atoms with Crippen LogP contribution in [0.25, 0.3) is 0 Å². The predicted molar refractivity (Wildman–Crippen MR) is 126 cm³/mol. The molecule has 34 heavy (non-hydrogen) atoms. The number of ether oxygens (including phenoxy) is 2. The van der Waals surface area contributed by atoms with Gasteiger partial charge in [-0.3, -0.25) is 19.4 Å². The molecule has 1 aliphatic carbocycles. The molecule has 1 aromatic heterocycles. The number of amides is 2. The zero-order valence-electron chi connectivity index (χ0n) is 19.1. The molecule has 5 rings (SSSR count). The Morgan fingerprint density at radius 2 is 1.97 bits per heavy atom. The molecule has 2 aliphatic heterocycles. The highest BCUT2D eigenvalue weighted by Gasteiger charge is 2.55. The Bertz CT molecular complexity index is 1020. The van der Waals surface area contributed by atoms with Crippen LogP contribution in [0, 0.1) is 0 Å². The number of aromatic nitrogens is 1. The lowest BCUT2D eigenvalue weighted by molar-refractivity contribution is -0.151. The van der Waals surface area contributed by atoms with Gasteiger partial charge in [-0.2, -0.15) is 0 Å². The number of carbonyl (C=O) groups excluding carboxylic acids is 3. The smallest absolute Gasteiger partial charge is 0.410 e. The Morgan fingerprint density at radius 1 is 1.18 bits per heavy atom. The maximum atomic E-state index is 14.0.